The van der Waals surface area contributed by atoms with Crippen molar-refractivity contribution in [3.8, 4) is 5.95 Å². The first-order chi connectivity index (χ1) is 15.3. The molecule has 3 aromatic heterocycles. The first-order valence-electron chi connectivity index (χ1n) is 9.81. The standard InChI is InChI=1S/C20H16F3N7OS/c1-10(17-26-9-27-30(17)19-24-5-2-6-25-19)28-18(31)14-8-12(20(21,22)23)7-13-15(11-3-4-11)29-32-16(13)14/h2,5-11H,3-4H2,1H3,(H,28,31). The van der Waals surface area contributed by atoms with E-state index in [4.69, 9.17) is 0 Å². The Balaban J connectivity index is 1.50. The molecule has 1 aliphatic carbocycles. The summed E-state index contributed by atoms with van der Waals surface area (Å²) in [6, 6.07) is 2.95. The molecule has 8 nitrogen and oxygen atoms in total. The van der Waals surface area contributed by atoms with Crippen molar-refractivity contribution < 1.29 is 18.0 Å². The van der Waals surface area contributed by atoms with E-state index in [2.05, 4.69) is 29.7 Å². The molecule has 12 heteroatoms. The molecule has 0 saturated heterocycles. The molecule has 1 amide bonds. The van der Waals surface area contributed by atoms with E-state index in [0.717, 1.165) is 36.5 Å². The van der Waals surface area contributed by atoms with Gasteiger partial charge in [0.2, 0.25) is 0 Å². The first-order valence-corrected chi connectivity index (χ1v) is 10.6. The van der Waals surface area contributed by atoms with Gasteiger partial charge >= 0.3 is 6.18 Å². The lowest BCUT2D eigenvalue weighted by Gasteiger charge is -2.15. The Labute approximate surface area is 183 Å². The molecular formula is C20H16F3N7OS. The van der Waals surface area contributed by atoms with Gasteiger partial charge in [0.25, 0.3) is 11.9 Å². The van der Waals surface area contributed by atoms with E-state index in [0.29, 0.717) is 21.6 Å². The van der Waals surface area contributed by atoms with Crippen molar-refractivity contribution in [1.29, 1.82) is 0 Å². The van der Waals surface area contributed by atoms with Crippen molar-refractivity contribution in [2.45, 2.75) is 37.9 Å². The number of hydrogen-bond acceptors (Lipinski definition) is 7. The highest BCUT2D eigenvalue weighted by Gasteiger charge is 2.35. The van der Waals surface area contributed by atoms with E-state index in [-0.39, 0.29) is 17.4 Å². The van der Waals surface area contributed by atoms with E-state index in [9.17, 15) is 18.0 Å². The SMILES string of the molecule is CC(NC(=O)c1cc(C(F)(F)F)cc2c(C3CC3)nsc12)c1ncnn1-c1ncccn1. The lowest BCUT2D eigenvalue weighted by Crippen LogP contribution is -2.29. The summed E-state index contributed by atoms with van der Waals surface area (Å²) in [7, 11) is 0. The predicted octanol–water partition coefficient (Wildman–Crippen LogP) is 4.05. The molecule has 1 unspecified atom stereocenters. The van der Waals surface area contributed by atoms with E-state index in [1.54, 1.807) is 13.0 Å². The number of carbonyl (C=O) groups is 1. The zero-order valence-electron chi connectivity index (χ0n) is 16.7. The van der Waals surface area contributed by atoms with Gasteiger partial charge in [-0.25, -0.2) is 15.0 Å². The third-order valence-electron chi connectivity index (χ3n) is 5.19. The molecule has 164 valence electrons. The monoisotopic (exact) mass is 459 g/mol. The van der Waals surface area contributed by atoms with E-state index in [1.165, 1.54) is 23.4 Å². The summed E-state index contributed by atoms with van der Waals surface area (Å²) in [5.41, 5.74) is -0.293. The highest BCUT2D eigenvalue weighted by atomic mass is 32.1. The highest BCUT2D eigenvalue weighted by Crippen LogP contribution is 2.45. The number of nitrogens with one attached hydrogen (secondary N) is 1. The first kappa shape index (κ1) is 20.5. The number of fused-ring (bicyclic) bond motifs is 1. The van der Waals surface area contributed by atoms with Crippen molar-refractivity contribution in [2.75, 3.05) is 0 Å². The fourth-order valence-electron chi connectivity index (χ4n) is 3.48. The van der Waals surface area contributed by atoms with Gasteiger partial charge in [0.1, 0.15) is 6.33 Å². The molecule has 0 radical (unpaired) electrons. The molecule has 0 aliphatic heterocycles. The van der Waals surface area contributed by atoms with Gasteiger partial charge < -0.3 is 5.32 Å². The number of amides is 1. The summed E-state index contributed by atoms with van der Waals surface area (Å²) in [6.07, 6.45) is 1.58. The number of hydrogen-bond donors (Lipinski definition) is 1. The summed E-state index contributed by atoms with van der Waals surface area (Å²) in [6.45, 7) is 1.66. The van der Waals surface area contributed by atoms with Gasteiger partial charge in [0.05, 0.1) is 27.6 Å². The van der Waals surface area contributed by atoms with Gasteiger partial charge in [0, 0.05) is 23.7 Å². The maximum absolute atomic E-state index is 13.6. The number of halogens is 3. The average molecular weight is 459 g/mol. The fraction of sp³-hybridized carbons (Fsp3) is 0.300. The van der Waals surface area contributed by atoms with E-state index >= 15 is 0 Å². The summed E-state index contributed by atoms with van der Waals surface area (Å²) in [5, 5.41) is 7.21. The number of nitrogens with zero attached hydrogens (tertiary/aromatic N) is 6. The molecule has 1 saturated carbocycles. The summed E-state index contributed by atoms with van der Waals surface area (Å²) < 4.78 is 46.8. The Morgan fingerprint density at radius 1 is 1.22 bits per heavy atom. The Bertz CT molecular complexity index is 1300. The zero-order valence-corrected chi connectivity index (χ0v) is 17.5. The number of carbonyl (C=O) groups excluding carboxylic acids is 1. The van der Waals surface area contributed by atoms with Crippen molar-refractivity contribution in [2.24, 2.45) is 0 Å². The predicted molar refractivity (Wildman–Crippen MR) is 109 cm³/mol. The molecule has 1 atom stereocenters. The molecule has 5 rings (SSSR count). The van der Waals surface area contributed by atoms with Crippen LogP contribution in [0.25, 0.3) is 16.0 Å². The normalized spacial score (nSPS) is 15.1. The lowest BCUT2D eigenvalue weighted by molar-refractivity contribution is -0.137. The fourth-order valence-corrected chi connectivity index (χ4v) is 4.43. The number of rotatable bonds is 5. The van der Waals surface area contributed by atoms with Crippen LogP contribution in [0.5, 0.6) is 0 Å². The molecule has 1 fully saturated rings. The van der Waals surface area contributed by atoms with Crippen LogP contribution in [0.1, 0.15) is 59.2 Å². The van der Waals surface area contributed by atoms with Crippen LogP contribution in [0, 0.1) is 0 Å². The topological polar surface area (TPSA) is 98.5 Å². The minimum absolute atomic E-state index is 0.0619. The van der Waals surface area contributed by atoms with Crippen LogP contribution in [-0.4, -0.2) is 35.0 Å². The van der Waals surface area contributed by atoms with Gasteiger partial charge in [-0.2, -0.15) is 27.3 Å². The van der Waals surface area contributed by atoms with Gasteiger partial charge in [-0.3, -0.25) is 4.79 Å². The number of benzene rings is 1. The van der Waals surface area contributed by atoms with Crippen molar-refractivity contribution in [1.82, 2.24) is 34.4 Å². The average Bonchev–Trinajstić information content (AvgIpc) is 3.32. The third-order valence-corrected chi connectivity index (χ3v) is 6.10. The number of aromatic nitrogens is 6. The molecule has 1 aliphatic rings. The third kappa shape index (κ3) is 3.70. The molecule has 0 spiro atoms. The minimum Gasteiger partial charge on any atom is -0.342 e. The summed E-state index contributed by atoms with van der Waals surface area (Å²) in [4.78, 5) is 25.5. The molecule has 32 heavy (non-hydrogen) atoms. The van der Waals surface area contributed by atoms with E-state index in [1.807, 2.05) is 0 Å². The van der Waals surface area contributed by atoms with Crippen LogP contribution in [-0.2, 0) is 6.18 Å². The Morgan fingerprint density at radius 3 is 2.66 bits per heavy atom. The van der Waals surface area contributed by atoms with Crippen molar-refractivity contribution >= 4 is 27.5 Å². The molecule has 3 heterocycles. The van der Waals surface area contributed by atoms with Crippen molar-refractivity contribution in [3.63, 3.8) is 0 Å². The van der Waals surface area contributed by atoms with Gasteiger partial charge in [-0.15, -0.1) is 0 Å². The largest absolute Gasteiger partial charge is 0.416 e. The van der Waals surface area contributed by atoms with Gasteiger partial charge in [-0.1, -0.05) is 0 Å². The molecule has 4 aromatic rings. The van der Waals surface area contributed by atoms with Crippen LogP contribution in [0.15, 0.2) is 36.9 Å². The van der Waals surface area contributed by atoms with Gasteiger partial charge in [-0.05, 0) is 49.5 Å². The van der Waals surface area contributed by atoms with E-state index < -0.39 is 23.7 Å². The molecule has 1 N–H and O–H groups in total. The maximum Gasteiger partial charge on any atom is 0.416 e. The Kier molecular flexibility index (Phi) is 4.88. The van der Waals surface area contributed by atoms with Crippen LogP contribution < -0.4 is 5.32 Å². The van der Waals surface area contributed by atoms with Crippen molar-refractivity contribution in [3.05, 3.63) is 59.6 Å². The summed E-state index contributed by atoms with van der Waals surface area (Å²) in [5.74, 6) is 0.115. The Morgan fingerprint density at radius 2 is 1.97 bits per heavy atom. The Hall–Kier alpha value is -3.41. The zero-order chi connectivity index (χ0) is 22.5. The van der Waals surface area contributed by atoms with Crippen LogP contribution in [0.3, 0.4) is 0 Å². The maximum atomic E-state index is 13.6. The molecule has 0 bridgehead atoms. The van der Waals surface area contributed by atoms with Crippen LogP contribution in [0.4, 0.5) is 13.2 Å². The van der Waals surface area contributed by atoms with Crippen LogP contribution >= 0.6 is 11.5 Å². The molecule has 1 aromatic carbocycles. The van der Waals surface area contributed by atoms with Crippen LogP contribution in [0.2, 0.25) is 0 Å². The summed E-state index contributed by atoms with van der Waals surface area (Å²) >= 11 is 1.05. The number of alkyl halides is 3. The minimum atomic E-state index is -4.58. The quantitative estimate of drug-likeness (QED) is 0.483. The van der Waals surface area contributed by atoms with Gasteiger partial charge in [0.15, 0.2) is 5.82 Å². The smallest absolute Gasteiger partial charge is 0.342 e. The second-order valence-electron chi connectivity index (χ2n) is 7.51. The second-order valence-corrected chi connectivity index (χ2v) is 8.29. The second kappa shape index (κ2) is 7.62. The lowest BCUT2D eigenvalue weighted by atomic mass is 10.0. The molecular weight excluding hydrogens is 443 g/mol. The highest BCUT2D eigenvalue weighted by molar-refractivity contribution is 7.13.